The average molecular weight is 513 g/mol. The van der Waals surface area contributed by atoms with Crippen LogP contribution in [0.25, 0.3) is 0 Å². The summed E-state index contributed by atoms with van der Waals surface area (Å²) in [6.45, 7) is 0. The maximum absolute atomic E-state index is 0. The van der Waals surface area contributed by atoms with Crippen LogP contribution in [-0.2, 0) is 0 Å². The van der Waals surface area contributed by atoms with Crippen LogP contribution in [0, 0.1) is 40.4 Å². The molecule has 0 aliphatic rings. The van der Waals surface area contributed by atoms with Crippen LogP contribution >= 0.6 is 0 Å². The maximum atomic E-state index is 0. The molecule has 0 aromatic heterocycles. The van der Waals surface area contributed by atoms with Crippen molar-refractivity contribution in [2.45, 2.75) is 0 Å². The number of rotatable bonds is 0. The fraction of sp³-hybridized carbons (Fsp3) is 0. The first-order chi connectivity index (χ1) is 0. The zero-order chi connectivity index (χ0) is 0. The molecule has 24 valence electrons. The van der Waals surface area contributed by atoms with Gasteiger partial charge in [-0.25, -0.2) is 0 Å². The van der Waals surface area contributed by atoms with Gasteiger partial charge >= 0.3 is 71.7 Å². The Kier molecular flexibility index (Phi) is 99.9. The average Bonchev–Trinajstić information content (AvgIpc) is 0. The molecule has 0 aromatic rings. The molecule has 0 unspecified atom stereocenters. The Balaban J connectivity index is 0. The van der Waals surface area contributed by atoms with Gasteiger partial charge in [-0.2, -0.15) is 0 Å². The van der Waals surface area contributed by atoms with Gasteiger partial charge in [-0.15, -0.1) is 0 Å². The van der Waals surface area contributed by atoms with Crippen molar-refractivity contribution in [1.82, 2.24) is 0 Å². The van der Waals surface area contributed by atoms with Crippen LogP contribution in [0.15, 0.2) is 0 Å². The summed E-state index contributed by atoms with van der Waals surface area (Å²) in [7, 11) is 0. The summed E-state index contributed by atoms with van der Waals surface area (Å²) in [6.07, 6.45) is 0. The Morgan fingerprint density at radius 1 is 0.500 bits per heavy atom. The topological polar surface area (TPSA) is 0 Å². The van der Waals surface area contributed by atoms with Gasteiger partial charge in [0.2, 0.25) is 0 Å². The summed E-state index contributed by atoms with van der Waals surface area (Å²) < 4.78 is 0. The van der Waals surface area contributed by atoms with E-state index in [9.17, 15) is 0 Å². The molecular weight excluding hydrogens is 506 g/mol. The molecule has 0 spiro atoms. The van der Waals surface area contributed by atoms with Gasteiger partial charge in [-0.05, 0) is 0 Å². The van der Waals surface area contributed by atoms with Crippen molar-refractivity contribution >= 4 is 71.7 Å². The van der Waals surface area contributed by atoms with E-state index in [0.717, 1.165) is 0 Å². The number of hydrogen-bond donors (Lipinski definition) is 0. The SMILES string of the molecule is [Sm].[SnH2].[SnH2].[SnH2]. The van der Waals surface area contributed by atoms with Gasteiger partial charge in [0.1, 0.15) is 0 Å². The molecule has 0 saturated carbocycles. The predicted octanol–water partition coefficient (Wildman–Crippen LogP) is -2.75. The fourth-order valence-electron chi connectivity index (χ4n) is 0. The van der Waals surface area contributed by atoms with E-state index in [0.29, 0.717) is 0 Å². The van der Waals surface area contributed by atoms with Crippen molar-refractivity contribution in [3.8, 4) is 0 Å². The molecule has 0 aliphatic heterocycles. The first kappa shape index (κ1) is 25.2. The second-order valence-corrected chi connectivity index (χ2v) is 0. The third-order valence-electron chi connectivity index (χ3n) is 0. The summed E-state index contributed by atoms with van der Waals surface area (Å²) in [5.74, 6) is 0. The Hall–Kier alpha value is 3.73. The van der Waals surface area contributed by atoms with Crippen LogP contribution in [0.3, 0.4) is 0 Å². The van der Waals surface area contributed by atoms with Crippen molar-refractivity contribution in [3.05, 3.63) is 0 Å². The molecule has 0 atom stereocenters. The third kappa shape index (κ3) is 9.22. The van der Waals surface area contributed by atoms with Crippen LogP contribution in [-0.4, -0.2) is 71.7 Å². The molecule has 0 rings (SSSR count). The van der Waals surface area contributed by atoms with E-state index in [1.54, 1.807) is 0 Å². The molecule has 4 heavy (non-hydrogen) atoms. The van der Waals surface area contributed by atoms with Crippen LogP contribution < -0.4 is 0 Å². The minimum atomic E-state index is 0. The quantitative estimate of drug-likeness (QED) is 0.309. The number of hydrogen-bond acceptors (Lipinski definition) is 0. The first-order valence-electron chi connectivity index (χ1n) is 0. The molecular formula is H6SmSn3. The first-order valence-corrected chi connectivity index (χ1v) is 0. The van der Waals surface area contributed by atoms with Crippen LogP contribution in [0.1, 0.15) is 0 Å². The Morgan fingerprint density at radius 3 is 0.500 bits per heavy atom. The summed E-state index contributed by atoms with van der Waals surface area (Å²) in [5, 5.41) is 0. The molecule has 0 aromatic carbocycles. The molecule has 0 aliphatic carbocycles. The monoisotopic (exact) mass is 518 g/mol. The van der Waals surface area contributed by atoms with Gasteiger partial charge in [0, 0.05) is 40.4 Å². The van der Waals surface area contributed by atoms with Crippen molar-refractivity contribution in [2.24, 2.45) is 0 Å². The minimum absolute atomic E-state index is 0. The van der Waals surface area contributed by atoms with E-state index in [1.807, 2.05) is 0 Å². The van der Waals surface area contributed by atoms with Gasteiger partial charge in [0.25, 0.3) is 0 Å². The predicted molar refractivity (Wildman–Crippen MR) is 25.6 cm³/mol. The van der Waals surface area contributed by atoms with E-state index < -0.39 is 0 Å². The van der Waals surface area contributed by atoms with Crippen molar-refractivity contribution in [2.75, 3.05) is 0 Å². The molecule has 4 heteroatoms. The van der Waals surface area contributed by atoms with Gasteiger partial charge in [0.15, 0.2) is 0 Å². The summed E-state index contributed by atoms with van der Waals surface area (Å²) in [6, 6.07) is 0. The molecule has 0 N–H and O–H groups in total. The van der Waals surface area contributed by atoms with Crippen LogP contribution in [0.2, 0.25) is 0 Å². The van der Waals surface area contributed by atoms with E-state index in [4.69, 9.17) is 0 Å². The summed E-state index contributed by atoms with van der Waals surface area (Å²) >= 11 is 0. The van der Waals surface area contributed by atoms with Crippen molar-refractivity contribution in [3.63, 3.8) is 0 Å². The van der Waals surface area contributed by atoms with E-state index in [-0.39, 0.29) is 112 Å². The zero-order valence-electron chi connectivity index (χ0n) is 2.53. The van der Waals surface area contributed by atoms with Gasteiger partial charge in [0.05, 0.1) is 0 Å². The standard InChI is InChI=1S/Sm.3Sn.6H. The Labute approximate surface area is 109 Å². The zero-order valence-corrected chi connectivity index (χ0v) is 17.3. The van der Waals surface area contributed by atoms with Gasteiger partial charge in [-0.3, -0.25) is 0 Å². The second kappa shape index (κ2) is 15.9. The Morgan fingerprint density at radius 2 is 0.500 bits per heavy atom. The van der Waals surface area contributed by atoms with Gasteiger partial charge < -0.3 is 0 Å². The second-order valence-electron chi connectivity index (χ2n) is 0. The molecule has 0 amide bonds. The van der Waals surface area contributed by atoms with E-state index in [2.05, 4.69) is 0 Å². The molecule has 0 saturated heterocycles. The molecule has 0 heterocycles. The fourth-order valence-corrected chi connectivity index (χ4v) is 0. The molecule has 0 fully saturated rings. The van der Waals surface area contributed by atoms with E-state index in [1.165, 1.54) is 0 Å². The Bertz CT molecular complexity index is 3.25. The van der Waals surface area contributed by atoms with E-state index >= 15 is 0 Å². The molecule has 6 radical (unpaired) electrons. The van der Waals surface area contributed by atoms with Crippen LogP contribution in [0.5, 0.6) is 0 Å². The van der Waals surface area contributed by atoms with Crippen LogP contribution in [0.4, 0.5) is 0 Å². The summed E-state index contributed by atoms with van der Waals surface area (Å²) in [4.78, 5) is 0. The third-order valence-corrected chi connectivity index (χ3v) is 0. The molecule has 0 nitrogen and oxygen atoms in total. The molecule has 0 bridgehead atoms. The van der Waals surface area contributed by atoms with Gasteiger partial charge in [-0.1, -0.05) is 0 Å². The normalized spacial score (nSPS) is 0. The van der Waals surface area contributed by atoms with Crippen molar-refractivity contribution < 1.29 is 40.4 Å². The van der Waals surface area contributed by atoms with Crippen molar-refractivity contribution in [1.29, 1.82) is 0 Å². The summed E-state index contributed by atoms with van der Waals surface area (Å²) in [5.41, 5.74) is 0.